The first-order valence-electron chi connectivity index (χ1n) is 6.81. The normalized spacial score (nSPS) is 12.8. The molecule has 0 aromatic heterocycles. The molecule has 17 heavy (non-hydrogen) atoms. The summed E-state index contributed by atoms with van der Waals surface area (Å²) in [4.78, 5) is 10.9. The second-order valence-corrected chi connectivity index (χ2v) is 5.17. The summed E-state index contributed by atoms with van der Waals surface area (Å²) in [7, 11) is 1.35. The predicted octanol–water partition coefficient (Wildman–Crippen LogP) is 3.30. The quantitative estimate of drug-likeness (QED) is 0.474. The predicted molar refractivity (Wildman–Crippen MR) is 69.8 cm³/mol. The van der Waals surface area contributed by atoms with Gasteiger partial charge in [-0.3, -0.25) is 4.79 Å². The number of unbranched alkanes of at least 4 members (excludes halogenated alkanes) is 4. The number of ether oxygens (including phenoxy) is 1. The minimum Gasteiger partial charge on any atom is -0.469 e. The third-order valence-corrected chi connectivity index (χ3v) is 2.95. The van der Waals surface area contributed by atoms with Gasteiger partial charge < -0.3 is 9.84 Å². The lowest BCUT2D eigenvalue weighted by molar-refractivity contribution is -0.142. The number of rotatable bonds is 10. The minimum atomic E-state index is -0.530. The van der Waals surface area contributed by atoms with E-state index < -0.39 is 6.10 Å². The third-order valence-electron chi connectivity index (χ3n) is 2.95. The Morgan fingerprint density at radius 3 is 2.12 bits per heavy atom. The van der Waals surface area contributed by atoms with Gasteiger partial charge in [0.15, 0.2) is 0 Å². The monoisotopic (exact) mass is 244 g/mol. The fraction of sp³-hybridized carbons (Fsp3) is 0.929. The van der Waals surface area contributed by atoms with Crippen molar-refractivity contribution >= 4 is 5.97 Å². The van der Waals surface area contributed by atoms with Crippen LogP contribution >= 0.6 is 0 Å². The number of aliphatic hydroxyl groups excluding tert-OH is 1. The Morgan fingerprint density at radius 2 is 1.59 bits per heavy atom. The Labute approximate surface area is 106 Å². The van der Waals surface area contributed by atoms with Gasteiger partial charge in [-0.25, -0.2) is 0 Å². The van der Waals surface area contributed by atoms with Gasteiger partial charge in [0.1, 0.15) is 0 Å². The molecule has 102 valence electrons. The molecule has 0 aliphatic carbocycles. The van der Waals surface area contributed by atoms with Gasteiger partial charge in [-0.15, -0.1) is 0 Å². The average Bonchev–Trinajstić information content (AvgIpc) is 2.27. The Balaban J connectivity index is 3.24. The molecule has 0 saturated heterocycles. The Morgan fingerprint density at radius 1 is 1.06 bits per heavy atom. The van der Waals surface area contributed by atoms with E-state index in [4.69, 9.17) is 0 Å². The molecule has 0 heterocycles. The van der Waals surface area contributed by atoms with E-state index in [1.807, 2.05) is 0 Å². The molecule has 3 nitrogen and oxygen atoms in total. The van der Waals surface area contributed by atoms with Gasteiger partial charge in [-0.05, 0) is 12.3 Å². The van der Waals surface area contributed by atoms with E-state index >= 15 is 0 Å². The van der Waals surface area contributed by atoms with E-state index in [9.17, 15) is 9.90 Å². The third kappa shape index (κ3) is 11.7. The molecule has 0 bridgehead atoms. The Bertz CT molecular complexity index is 190. The maximum Gasteiger partial charge on any atom is 0.308 e. The van der Waals surface area contributed by atoms with Crippen molar-refractivity contribution in [2.24, 2.45) is 5.92 Å². The first-order chi connectivity index (χ1) is 8.06. The van der Waals surface area contributed by atoms with Crippen LogP contribution < -0.4 is 0 Å². The molecule has 0 spiro atoms. The summed E-state index contributed by atoms with van der Waals surface area (Å²) in [6.45, 7) is 4.51. The molecule has 0 rings (SSSR count). The number of aliphatic hydroxyl groups is 1. The van der Waals surface area contributed by atoms with Gasteiger partial charge in [-0.1, -0.05) is 52.4 Å². The molecular weight excluding hydrogens is 216 g/mol. The van der Waals surface area contributed by atoms with Crippen LogP contribution in [0.5, 0.6) is 0 Å². The summed E-state index contributed by atoms with van der Waals surface area (Å²) in [6, 6.07) is 0. The number of methoxy groups -OCH3 is 1. The van der Waals surface area contributed by atoms with E-state index in [-0.39, 0.29) is 12.4 Å². The SMILES string of the molecule is COC(=O)CC(O)CCCCCCCC(C)C. The van der Waals surface area contributed by atoms with Gasteiger partial charge in [0, 0.05) is 0 Å². The van der Waals surface area contributed by atoms with Gasteiger partial charge in [0.05, 0.1) is 19.6 Å². The van der Waals surface area contributed by atoms with Crippen LogP contribution in [0.25, 0.3) is 0 Å². The number of hydrogen-bond donors (Lipinski definition) is 1. The first kappa shape index (κ1) is 16.4. The van der Waals surface area contributed by atoms with Crippen molar-refractivity contribution in [1.82, 2.24) is 0 Å². The molecule has 0 saturated carbocycles. The van der Waals surface area contributed by atoms with E-state index in [1.54, 1.807) is 0 Å². The van der Waals surface area contributed by atoms with Crippen molar-refractivity contribution in [3.8, 4) is 0 Å². The van der Waals surface area contributed by atoms with Crippen molar-refractivity contribution in [2.45, 2.75) is 71.3 Å². The van der Waals surface area contributed by atoms with Crippen LogP contribution in [0.3, 0.4) is 0 Å². The van der Waals surface area contributed by atoms with Crippen LogP contribution in [0.2, 0.25) is 0 Å². The standard InChI is InChI=1S/C14H28O3/c1-12(2)9-7-5-4-6-8-10-13(15)11-14(16)17-3/h12-13,15H,4-11H2,1-3H3. The zero-order valence-corrected chi connectivity index (χ0v) is 11.6. The molecule has 0 aliphatic rings. The Kier molecular flexibility index (Phi) is 10.2. The maximum absolute atomic E-state index is 10.9. The van der Waals surface area contributed by atoms with Gasteiger partial charge in [0.2, 0.25) is 0 Å². The molecule has 0 amide bonds. The smallest absolute Gasteiger partial charge is 0.308 e. The highest BCUT2D eigenvalue weighted by molar-refractivity contribution is 5.69. The molecule has 0 fully saturated rings. The van der Waals surface area contributed by atoms with Crippen LogP contribution in [0.4, 0.5) is 0 Å². The van der Waals surface area contributed by atoms with Gasteiger partial charge in [0.25, 0.3) is 0 Å². The second-order valence-electron chi connectivity index (χ2n) is 5.17. The lowest BCUT2D eigenvalue weighted by atomic mass is 10.0. The van der Waals surface area contributed by atoms with Crippen molar-refractivity contribution in [3.05, 3.63) is 0 Å². The van der Waals surface area contributed by atoms with Gasteiger partial charge >= 0.3 is 5.97 Å². The van der Waals surface area contributed by atoms with E-state index in [1.165, 1.54) is 32.8 Å². The molecule has 0 aromatic carbocycles. The van der Waals surface area contributed by atoms with Crippen LogP contribution in [0.15, 0.2) is 0 Å². The molecule has 1 unspecified atom stereocenters. The highest BCUT2D eigenvalue weighted by Crippen LogP contribution is 2.12. The summed E-state index contributed by atoms with van der Waals surface area (Å²) in [5, 5.41) is 9.53. The summed E-state index contributed by atoms with van der Waals surface area (Å²) in [5.41, 5.74) is 0. The minimum absolute atomic E-state index is 0.129. The number of esters is 1. The van der Waals surface area contributed by atoms with E-state index in [2.05, 4.69) is 18.6 Å². The summed E-state index contributed by atoms with van der Waals surface area (Å²) < 4.78 is 4.50. The second kappa shape index (κ2) is 10.6. The zero-order chi connectivity index (χ0) is 13.1. The average molecular weight is 244 g/mol. The van der Waals surface area contributed by atoms with Crippen LogP contribution in [0, 0.1) is 5.92 Å². The topological polar surface area (TPSA) is 46.5 Å². The van der Waals surface area contributed by atoms with Crippen molar-refractivity contribution in [3.63, 3.8) is 0 Å². The van der Waals surface area contributed by atoms with Crippen molar-refractivity contribution in [2.75, 3.05) is 7.11 Å². The number of carbonyl (C=O) groups excluding carboxylic acids is 1. The van der Waals surface area contributed by atoms with Crippen molar-refractivity contribution < 1.29 is 14.6 Å². The van der Waals surface area contributed by atoms with Crippen molar-refractivity contribution in [1.29, 1.82) is 0 Å². The molecule has 1 N–H and O–H groups in total. The van der Waals surface area contributed by atoms with E-state index in [0.717, 1.165) is 18.8 Å². The largest absolute Gasteiger partial charge is 0.469 e. The fourth-order valence-electron chi connectivity index (χ4n) is 1.84. The van der Waals surface area contributed by atoms with Crippen LogP contribution in [-0.4, -0.2) is 24.3 Å². The van der Waals surface area contributed by atoms with Crippen LogP contribution in [-0.2, 0) is 9.53 Å². The lowest BCUT2D eigenvalue weighted by Gasteiger charge is -2.09. The molecule has 3 heteroatoms. The molecule has 0 aliphatic heterocycles. The Hall–Kier alpha value is -0.570. The molecular formula is C14H28O3. The summed E-state index contributed by atoms with van der Waals surface area (Å²) in [6.07, 6.45) is 7.59. The number of carbonyl (C=O) groups is 1. The fourth-order valence-corrected chi connectivity index (χ4v) is 1.84. The molecule has 0 radical (unpaired) electrons. The zero-order valence-electron chi connectivity index (χ0n) is 11.6. The van der Waals surface area contributed by atoms with Gasteiger partial charge in [-0.2, -0.15) is 0 Å². The highest BCUT2D eigenvalue weighted by atomic mass is 16.5. The highest BCUT2D eigenvalue weighted by Gasteiger charge is 2.09. The number of hydrogen-bond acceptors (Lipinski definition) is 3. The van der Waals surface area contributed by atoms with Crippen LogP contribution in [0.1, 0.15) is 65.2 Å². The molecule has 0 aromatic rings. The lowest BCUT2D eigenvalue weighted by Crippen LogP contribution is -2.14. The van der Waals surface area contributed by atoms with E-state index in [0.29, 0.717) is 6.42 Å². The summed E-state index contributed by atoms with van der Waals surface area (Å²) >= 11 is 0. The first-order valence-corrected chi connectivity index (χ1v) is 6.81. The summed E-state index contributed by atoms with van der Waals surface area (Å²) in [5.74, 6) is 0.478. The molecule has 1 atom stereocenters. The maximum atomic E-state index is 10.9.